The van der Waals surface area contributed by atoms with Crippen LogP contribution in [0.4, 0.5) is 0 Å². The van der Waals surface area contributed by atoms with E-state index < -0.39 is 0 Å². The molecular weight excluding hydrogens is 723 g/mol. The van der Waals surface area contributed by atoms with Crippen LogP contribution in [0.3, 0.4) is 0 Å². The summed E-state index contributed by atoms with van der Waals surface area (Å²) in [6.45, 7) is 20.2. The van der Waals surface area contributed by atoms with Gasteiger partial charge in [0.1, 0.15) is 0 Å². The van der Waals surface area contributed by atoms with E-state index in [4.69, 9.17) is 0 Å². The second-order valence-corrected chi connectivity index (χ2v) is 18.5. The van der Waals surface area contributed by atoms with Gasteiger partial charge >= 0.3 is 142 Å². The topological polar surface area (TPSA) is 25.3 Å². The third-order valence-corrected chi connectivity index (χ3v) is 13.2. The molecule has 0 aromatic heterocycles. The molecule has 1 heterocycles. The van der Waals surface area contributed by atoms with E-state index in [1.54, 1.807) is 0 Å². The van der Waals surface area contributed by atoms with E-state index in [1.165, 1.54) is 196 Å². The van der Waals surface area contributed by atoms with Crippen LogP contribution in [0.25, 0.3) is 16.9 Å². The van der Waals surface area contributed by atoms with E-state index >= 15 is 0 Å². The fraction of sp³-hybridized carbons (Fsp3) is 0.698. The third-order valence-electron chi connectivity index (χ3n) is 11.8. The molecular formula is C53H88N2Ni. The van der Waals surface area contributed by atoms with Crippen LogP contribution in [-0.4, -0.2) is 4.70 Å². The number of hydrogen-bond acceptors (Lipinski definition) is 0. The normalized spacial score (nSPS) is 12.8. The van der Waals surface area contributed by atoms with E-state index in [9.17, 15) is 5.53 Å². The molecule has 0 spiro atoms. The Morgan fingerprint density at radius 3 is 1.20 bits per heavy atom. The molecule has 3 rings (SSSR count). The van der Waals surface area contributed by atoms with E-state index in [2.05, 4.69) is 92.7 Å². The zero-order valence-electron chi connectivity index (χ0n) is 38.4. The van der Waals surface area contributed by atoms with Gasteiger partial charge < -0.3 is 5.53 Å². The monoisotopic (exact) mass is 811 g/mol. The molecule has 0 bridgehead atoms. The summed E-state index contributed by atoms with van der Waals surface area (Å²) in [6, 6.07) is 9.11. The van der Waals surface area contributed by atoms with E-state index in [1.807, 2.05) is 14.4 Å². The van der Waals surface area contributed by atoms with E-state index in [-0.39, 0.29) is 0 Å². The summed E-state index contributed by atoms with van der Waals surface area (Å²) < 4.78 is 1.47. The van der Waals surface area contributed by atoms with Crippen LogP contribution in [0.1, 0.15) is 233 Å². The Bertz CT molecular complexity index is 1380. The molecule has 2 nitrogen and oxygen atoms in total. The van der Waals surface area contributed by atoms with Crippen molar-refractivity contribution in [3.63, 3.8) is 0 Å². The van der Waals surface area contributed by atoms with Crippen molar-refractivity contribution in [2.75, 3.05) is 0 Å². The molecule has 0 atom stereocenters. The molecule has 320 valence electrons. The summed E-state index contributed by atoms with van der Waals surface area (Å²) in [6.07, 6.45) is 37.2. The zero-order chi connectivity index (χ0) is 41.0. The van der Waals surface area contributed by atoms with Gasteiger partial charge in [0, 0.05) is 22.8 Å². The quantitative estimate of drug-likeness (QED) is 0.0427. The van der Waals surface area contributed by atoms with Crippen molar-refractivity contribution in [3.05, 3.63) is 86.0 Å². The van der Waals surface area contributed by atoms with Gasteiger partial charge in [0.15, 0.2) is 0 Å². The van der Waals surface area contributed by atoms with Crippen LogP contribution >= 0.6 is 0 Å². The molecule has 0 saturated carbocycles. The minimum absolute atomic E-state index is 0.908. The average molecular weight is 812 g/mol. The predicted molar refractivity (Wildman–Crippen MR) is 247 cm³/mol. The van der Waals surface area contributed by atoms with Crippen molar-refractivity contribution in [1.29, 1.82) is 0 Å². The van der Waals surface area contributed by atoms with Crippen LogP contribution in [0, 0.1) is 27.7 Å². The maximum absolute atomic E-state index is 11.6. The Labute approximate surface area is 354 Å². The van der Waals surface area contributed by atoms with Crippen molar-refractivity contribution in [3.8, 4) is 0 Å². The SMILES string of the molecule is CCCCCC1=C(c2cc(C)c(CCCC)c(C)c2)[N+](=[N-])C(c2cc(C)c(CCCC)c(C)c2)=C1.CCCCCCCCC[CH2][Ni][CH2]CCCCCCCCC. The van der Waals surface area contributed by atoms with Crippen LogP contribution in [-0.2, 0) is 27.3 Å². The number of unbranched alkanes of at least 4 members (excludes halogenated alkanes) is 18. The standard InChI is InChI=1S/C33H46N2.2C10H21.Ni/c1-8-11-14-15-27-22-32(28-18-23(4)30(16-12-9-2)24(5)19-28)35(34)33(27)29-20-25(6)31(17-13-10-3)26(7)21-29;2*1-3-5-7-9-10-8-6-4-2;/h18-22H,8-17H2,1-7H3;2*1,3-10H2,2H3;. The van der Waals surface area contributed by atoms with Crippen molar-refractivity contribution in [1.82, 2.24) is 0 Å². The van der Waals surface area contributed by atoms with Gasteiger partial charge in [-0.1, -0.05) is 46.5 Å². The van der Waals surface area contributed by atoms with Crippen LogP contribution < -0.4 is 0 Å². The first-order chi connectivity index (χ1) is 27.2. The molecule has 56 heavy (non-hydrogen) atoms. The van der Waals surface area contributed by atoms with Crippen molar-refractivity contribution in [2.24, 2.45) is 0 Å². The van der Waals surface area contributed by atoms with E-state index in [0.717, 1.165) is 48.2 Å². The fourth-order valence-electron chi connectivity index (χ4n) is 8.25. The Hall–Kier alpha value is -1.99. The van der Waals surface area contributed by atoms with Gasteiger partial charge in [-0.15, -0.1) is 0 Å². The van der Waals surface area contributed by atoms with Crippen LogP contribution in [0.2, 0.25) is 10.8 Å². The molecule has 0 unspecified atom stereocenters. The van der Waals surface area contributed by atoms with Gasteiger partial charge in [-0.25, -0.2) is 4.70 Å². The first kappa shape index (κ1) is 50.2. The molecule has 0 saturated heterocycles. The second-order valence-electron chi connectivity index (χ2n) is 17.0. The van der Waals surface area contributed by atoms with Gasteiger partial charge in [0.2, 0.25) is 11.4 Å². The van der Waals surface area contributed by atoms with Gasteiger partial charge in [-0.05, 0) is 124 Å². The second kappa shape index (κ2) is 31.0. The Morgan fingerprint density at radius 2 is 0.786 bits per heavy atom. The molecule has 0 N–H and O–H groups in total. The Kier molecular flexibility index (Phi) is 27.8. The third kappa shape index (κ3) is 18.7. The summed E-state index contributed by atoms with van der Waals surface area (Å²) in [5, 5.41) is 2.86. The molecule has 0 radical (unpaired) electrons. The number of rotatable bonds is 30. The molecule has 0 aliphatic carbocycles. The molecule has 2 aromatic carbocycles. The van der Waals surface area contributed by atoms with Crippen LogP contribution in [0.5, 0.6) is 0 Å². The number of benzene rings is 2. The van der Waals surface area contributed by atoms with Crippen molar-refractivity contribution >= 4 is 11.4 Å². The Morgan fingerprint density at radius 1 is 0.429 bits per heavy atom. The number of aryl methyl sites for hydroxylation is 4. The van der Waals surface area contributed by atoms with Gasteiger partial charge in [-0.3, -0.25) is 0 Å². The van der Waals surface area contributed by atoms with Gasteiger partial charge in [0.05, 0.1) is 0 Å². The first-order valence-electron chi connectivity index (χ1n) is 23.8. The summed E-state index contributed by atoms with van der Waals surface area (Å²) >= 11 is 2.02. The Balaban J connectivity index is 0.000000443. The summed E-state index contributed by atoms with van der Waals surface area (Å²) in [7, 11) is 0. The van der Waals surface area contributed by atoms with Crippen LogP contribution in [0.15, 0.2) is 35.9 Å². The number of nitrogens with zero attached hydrogens (tertiary/aromatic N) is 2. The van der Waals surface area contributed by atoms with Gasteiger partial charge in [-0.2, -0.15) is 0 Å². The predicted octanol–water partition coefficient (Wildman–Crippen LogP) is 18.2. The van der Waals surface area contributed by atoms with E-state index in [0.29, 0.717) is 0 Å². The maximum atomic E-state index is 11.6. The molecule has 3 heteroatoms. The fourth-order valence-corrected chi connectivity index (χ4v) is 9.49. The molecule has 1 aliphatic rings. The minimum atomic E-state index is 0.908. The average Bonchev–Trinajstić information content (AvgIpc) is 3.51. The molecule has 2 aromatic rings. The summed E-state index contributed by atoms with van der Waals surface area (Å²) in [5.74, 6) is 0. The zero-order valence-corrected chi connectivity index (χ0v) is 39.4. The molecule has 0 amide bonds. The molecule has 1 aliphatic heterocycles. The summed E-state index contributed by atoms with van der Waals surface area (Å²) in [4.78, 5) is 0. The summed E-state index contributed by atoms with van der Waals surface area (Å²) in [5.41, 5.74) is 25.2. The van der Waals surface area contributed by atoms with Crippen molar-refractivity contribution in [2.45, 2.75) is 240 Å². The number of allylic oxidation sites excluding steroid dienone is 2. The number of hydrogen-bond donors (Lipinski definition) is 0. The first-order valence-corrected chi connectivity index (χ1v) is 25.2. The molecule has 0 fully saturated rings. The van der Waals surface area contributed by atoms with Gasteiger partial charge in [0.25, 0.3) is 0 Å². The van der Waals surface area contributed by atoms with Crippen molar-refractivity contribution < 1.29 is 19.1 Å².